The number of nitrogens with one attached hydrogen (secondary N) is 1. The maximum Gasteiger partial charge on any atom is 0.416 e. The maximum atomic E-state index is 13.1. The summed E-state index contributed by atoms with van der Waals surface area (Å²) in [5.74, 6) is -0.810. The molecule has 1 heterocycles. The molecular formula is C20H21F3N2O6S. The van der Waals surface area contributed by atoms with E-state index < -0.39 is 39.8 Å². The molecule has 2 aromatic rings. The van der Waals surface area contributed by atoms with Gasteiger partial charge in [0.1, 0.15) is 18.4 Å². The van der Waals surface area contributed by atoms with Gasteiger partial charge in [-0.15, -0.1) is 0 Å². The summed E-state index contributed by atoms with van der Waals surface area (Å²) in [5.41, 5.74) is 0.521. The zero-order valence-electron chi connectivity index (χ0n) is 16.6. The van der Waals surface area contributed by atoms with E-state index in [1.165, 1.54) is 47.9 Å². The molecule has 0 saturated carbocycles. The Bertz CT molecular complexity index is 1060. The summed E-state index contributed by atoms with van der Waals surface area (Å²) in [7, 11) is -4.15. The Kier molecular flexibility index (Phi) is 7.08. The number of sulfonamides is 1. The summed E-state index contributed by atoms with van der Waals surface area (Å²) in [4.78, 5) is 11.7. The number of hydrogen-bond acceptors (Lipinski definition) is 6. The molecule has 2 atom stereocenters. The molecular weight excluding hydrogens is 453 g/mol. The Hall–Kier alpha value is -2.67. The van der Waals surface area contributed by atoms with Crippen molar-refractivity contribution in [1.29, 1.82) is 0 Å². The van der Waals surface area contributed by atoms with E-state index in [4.69, 9.17) is 9.94 Å². The van der Waals surface area contributed by atoms with Gasteiger partial charge in [0.25, 0.3) is 5.91 Å². The monoisotopic (exact) mass is 474 g/mol. The number of aliphatic hydroxyl groups is 1. The van der Waals surface area contributed by atoms with Crippen LogP contribution in [0, 0.1) is 0 Å². The minimum absolute atomic E-state index is 0.0681. The van der Waals surface area contributed by atoms with E-state index in [-0.39, 0.29) is 42.2 Å². The maximum absolute atomic E-state index is 13.1. The van der Waals surface area contributed by atoms with Crippen molar-refractivity contribution in [3.8, 4) is 5.75 Å². The van der Waals surface area contributed by atoms with E-state index in [0.717, 1.165) is 10.4 Å². The van der Waals surface area contributed by atoms with Gasteiger partial charge in [-0.2, -0.15) is 17.5 Å². The summed E-state index contributed by atoms with van der Waals surface area (Å²) >= 11 is 0. The van der Waals surface area contributed by atoms with Crippen LogP contribution >= 0.6 is 0 Å². The van der Waals surface area contributed by atoms with E-state index in [1.807, 2.05) is 0 Å². The standard InChI is InChI=1S/C20H21F3N2O6S/c21-20(22,23)17-4-2-1-3-13(17)12-31-15-5-7-16(8-6-15)32(29,30)25-10-9-14(26)11-18(25)19(27)24-28/h1-8,14,18,26,28H,9-12H2,(H,24,27). The molecule has 3 N–H and O–H groups in total. The number of hydroxylamine groups is 1. The van der Waals surface area contributed by atoms with Crippen LogP contribution in [0.15, 0.2) is 53.4 Å². The van der Waals surface area contributed by atoms with Crippen molar-refractivity contribution < 1.29 is 41.4 Å². The number of carbonyl (C=O) groups is 1. The van der Waals surface area contributed by atoms with Gasteiger partial charge < -0.3 is 9.84 Å². The number of ether oxygens (including phenoxy) is 1. The highest BCUT2D eigenvalue weighted by molar-refractivity contribution is 7.89. The number of carbonyl (C=O) groups excluding carboxylic acids is 1. The molecule has 32 heavy (non-hydrogen) atoms. The minimum Gasteiger partial charge on any atom is -0.489 e. The van der Waals surface area contributed by atoms with Crippen LogP contribution in [0.4, 0.5) is 13.2 Å². The molecule has 1 aliphatic rings. The van der Waals surface area contributed by atoms with E-state index in [2.05, 4.69) is 0 Å². The molecule has 1 saturated heterocycles. The molecule has 0 aliphatic carbocycles. The molecule has 12 heteroatoms. The van der Waals surface area contributed by atoms with Gasteiger partial charge in [0, 0.05) is 12.1 Å². The lowest BCUT2D eigenvalue weighted by molar-refractivity contribution is -0.138. The van der Waals surface area contributed by atoms with Gasteiger partial charge in [-0.3, -0.25) is 10.0 Å². The third kappa shape index (κ3) is 5.21. The average molecular weight is 474 g/mol. The first-order valence-corrected chi connectivity index (χ1v) is 11.0. The van der Waals surface area contributed by atoms with Crippen molar-refractivity contribution in [2.75, 3.05) is 6.54 Å². The number of benzene rings is 2. The highest BCUT2D eigenvalue weighted by Crippen LogP contribution is 2.32. The van der Waals surface area contributed by atoms with Gasteiger partial charge in [0.2, 0.25) is 10.0 Å². The number of hydrogen-bond donors (Lipinski definition) is 3. The zero-order valence-corrected chi connectivity index (χ0v) is 17.4. The lowest BCUT2D eigenvalue weighted by atomic mass is 10.0. The van der Waals surface area contributed by atoms with Gasteiger partial charge >= 0.3 is 6.18 Å². The highest BCUT2D eigenvalue weighted by Gasteiger charge is 2.40. The summed E-state index contributed by atoms with van der Waals surface area (Å²) in [5, 5.41) is 18.7. The first kappa shape index (κ1) is 24.0. The van der Waals surface area contributed by atoms with Crippen LogP contribution in [0.2, 0.25) is 0 Å². The molecule has 0 bridgehead atoms. The fourth-order valence-electron chi connectivity index (χ4n) is 3.45. The van der Waals surface area contributed by atoms with Gasteiger partial charge in [0.15, 0.2) is 0 Å². The first-order chi connectivity index (χ1) is 15.0. The number of nitrogens with zero attached hydrogens (tertiary/aromatic N) is 1. The van der Waals surface area contributed by atoms with Crippen molar-refractivity contribution in [2.24, 2.45) is 0 Å². The van der Waals surface area contributed by atoms with Crippen molar-refractivity contribution in [1.82, 2.24) is 9.79 Å². The molecule has 174 valence electrons. The molecule has 0 radical (unpaired) electrons. The molecule has 1 fully saturated rings. The van der Waals surface area contributed by atoms with Crippen LogP contribution < -0.4 is 10.2 Å². The summed E-state index contributed by atoms with van der Waals surface area (Å²) in [6.07, 6.45) is -5.48. The molecule has 0 spiro atoms. The zero-order chi connectivity index (χ0) is 23.5. The molecule has 0 aromatic heterocycles. The second-order valence-electron chi connectivity index (χ2n) is 7.20. The number of halogens is 3. The number of alkyl halides is 3. The number of piperidine rings is 1. The van der Waals surface area contributed by atoms with E-state index in [1.54, 1.807) is 0 Å². The van der Waals surface area contributed by atoms with Crippen molar-refractivity contribution in [2.45, 2.75) is 42.7 Å². The van der Waals surface area contributed by atoms with Crippen LogP contribution in [0.25, 0.3) is 0 Å². The van der Waals surface area contributed by atoms with Crippen LogP contribution in [-0.4, -0.2) is 47.6 Å². The van der Waals surface area contributed by atoms with Crippen LogP contribution in [-0.2, 0) is 27.6 Å². The predicted molar refractivity (Wildman–Crippen MR) is 105 cm³/mol. The summed E-state index contributed by atoms with van der Waals surface area (Å²) in [6.45, 7) is -0.501. The fourth-order valence-corrected chi connectivity index (χ4v) is 5.07. The van der Waals surface area contributed by atoms with Gasteiger partial charge in [-0.1, -0.05) is 18.2 Å². The topological polar surface area (TPSA) is 116 Å². The molecule has 2 unspecified atom stereocenters. The van der Waals surface area contributed by atoms with E-state index >= 15 is 0 Å². The second-order valence-corrected chi connectivity index (χ2v) is 9.09. The molecule has 1 amide bonds. The number of amides is 1. The Balaban J connectivity index is 1.76. The smallest absolute Gasteiger partial charge is 0.416 e. The number of rotatable bonds is 6. The molecule has 2 aromatic carbocycles. The van der Waals surface area contributed by atoms with Crippen LogP contribution in [0.5, 0.6) is 5.75 Å². The Morgan fingerprint density at radius 1 is 1.16 bits per heavy atom. The quantitative estimate of drug-likeness (QED) is 0.437. The Labute approximate surface area is 182 Å². The van der Waals surface area contributed by atoms with Gasteiger partial charge in [-0.05, 0) is 43.2 Å². The summed E-state index contributed by atoms with van der Waals surface area (Å²) < 4.78 is 71.5. The normalized spacial score (nSPS) is 20.0. The largest absolute Gasteiger partial charge is 0.489 e. The SMILES string of the molecule is O=C(NO)C1CC(O)CCN1S(=O)(=O)c1ccc(OCc2ccccc2C(F)(F)F)cc1. The highest BCUT2D eigenvalue weighted by atomic mass is 32.2. The number of aliphatic hydroxyl groups excluding tert-OH is 1. The van der Waals surface area contributed by atoms with Gasteiger partial charge in [-0.25, -0.2) is 13.9 Å². The fraction of sp³-hybridized carbons (Fsp3) is 0.350. The summed E-state index contributed by atoms with van der Waals surface area (Å²) in [6, 6.07) is 8.68. The van der Waals surface area contributed by atoms with E-state index in [0.29, 0.717) is 0 Å². The molecule has 3 rings (SSSR count). The Morgan fingerprint density at radius 3 is 2.44 bits per heavy atom. The lowest BCUT2D eigenvalue weighted by Crippen LogP contribution is -2.54. The third-order valence-corrected chi connectivity index (χ3v) is 7.01. The van der Waals surface area contributed by atoms with Gasteiger partial charge in [0.05, 0.1) is 16.6 Å². The molecule has 1 aliphatic heterocycles. The van der Waals surface area contributed by atoms with E-state index in [9.17, 15) is 31.5 Å². The van der Waals surface area contributed by atoms with Crippen molar-refractivity contribution in [3.63, 3.8) is 0 Å². The van der Waals surface area contributed by atoms with Crippen molar-refractivity contribution in [3.05, 3.63) is 59.7 Å². The van der Waals surface area contributed by atoms with Crippen LogP contribution in [0.3, 0.4) is 0 Å². The first-order valence-electron chi connectivity index (χ1n) is 9.56. The predicted octanol–water partition coefficient (Wildman–Crippen LogP) is 2.30. The van der Waals surface area contributed by atoms with Crippen molar-refractivity contribution >= 4 is 15.9 Å². The Morgan fingerprint density at radius 2 is 1.81 bits per heavy atom. The minimum atomic E-state index is -4.53. The second kappa shape index (κ2) is 9.45. The van der Waals surface area contributed by atoms with Crippen LogP contribution in [0.1, 0.15) is 24.0 Å². The lowest BCUT2D eigenvalue weighted by Gasteiger charge is -2.35. The third-order valence-electron chi connectivity index (χ3n) is 5.09. The molecule has 8 nitrogen and oxygen atoms in total. The average Bonchev–Trinajstić information content (AvgIpc) is 2.76.